The van der Waals surface area contributed by atoms with Crippen LogP contribution in [0, 0.1) is 13.8 Å². The van der Waals surface area contributed by atoms with Crippen LogP contribution in [0.4, 0.5) is 11.4 Å². The lowest BCUT2D eigenvalue weighted by molar-refractivity contribution is -0.862. The Morgan fingerprint density at radius 2 is 1.50 bits per heavy atom. The number of para-hydroxylation sites is 1. The number of anilines is 2. The fourth-order valence-electron chi connectivity index (χ4n) is 3.01. The molecule has 0 saturated carbocycles. The predicted molar refractivity (Wildman–Crippen MR) is 106 cm³/mol. The van der Waals surface area contributed by atoms with Crippen LogP contribution in [0.1, 0.15) is 23.6 Å². The molecule has 1 atom stereocenters. The van der Waals surface area contributed by atoms with Crippen molar-refractivity contribution < 1.29 is 14.5 Å². The Balaban J connectivity index is 1.86. The highest BCUT2D eigenvalue weighted by Gasteiger charge is 2.15. The average molecular weight is 354 g/mol. The Labute approximate surface area is 155 Å². The molecule has 2 amide bonds. The summed E-state index contributed by atoms with van der Waals surface area (Å²) in [5, 5.41) is 5.84. The molecule has 2 aromatic carbocycles. The van der Waals surface area contributed by atoms with Gasteiger partial charge >= 0.3 is 0 Å². The van der Waals surface area contributed by atoms with Crippen LogP contribution >= 0.6 is 0 Å². The highest BCUT2D eigenvalue weighted by atomic mass is 16.2. The first-order valence-corrected chi connectivity index (χ1v) is 8.94. The summed E-state index contributed by atoms with van der Waals surface area (Å²) in [5.41, 5.74) is 4.95. The number of aryl methyl sites for hydroxylation is 3. The van der Waals surface area contributed by atoms with Crippen LogP contribution in [0.15, 0.2) is 42.5 Å². The molecule has 0 heterocycles. The van der Waals surface area contributed by atoms with Crippen LogP contribution < -0.4 is 15.5 Å². The predicted octanol–water partition coefficient (Wildman–Crippen LogP) is 1.96. The van der Waals surface area contributed by atoms with Gasteiger partial charge in [0.25, 0.3) is 11.8 Å². The second kappa shape index (κ2) is 9.15. The summed E-state index contributed by atoms with van der Waals surface area (Å²) in [4.78, 5) is 25.3. The maximum Gasteiger partial charge on any atom is 0.279 e. The van der Waals surface area contributed by atoms with Gasteiger partial charge in [0, 0.05) is 11.4 Å². The first kappa shape index (κ1) is 19.7. The zero-order valence-corrected chi connectivity index (χ0v) is 16.0. The number of nitrogens with one attached hydrogen (secondary N) is 3. The van der Waals surface area contributed by atoms with E-state index >= 15 is 0 Å². The van der Waals surface area contributed by atoms with Gasteiger partial charge in [0.15, 0.2) is 13.1 Å². The average Bonchev–Trinajstić information content (AvgIpc) is 2.53. The van der Waals surface area contributed by atoms with E-state index in [9.17, 15) is 9.59 Å². The van der Waals surface area contributed by atoms with Gasteiger partial charge in [0.05, 0.1) is 7.05 Å². The standard InChI is InChI=1S/C21H27N3O2/c1-5-17-8-6-7-9-19(17)23-21(26)14-24(4)13-20(25)22-18-11-15(2)10-16(3)12-18/h6-12H,5,13-14H2,1-4H3,(H,22,25)(H,23,26)/p+1. The SMILES string of the molecule is CCc1ccccc1NC(=O)C[NH+](C)CC(=O)Nc1cc(C)cc(C)c1. The van der Waals surface area contributed by atoms with Crippen molar-refractivity contribution in [2.24, 2.45) is 0 Å². The zero-order chi connectivity index (χ0) is 19.1. The number of hydrogen-bond donors (Lipinski definition) is 3. The molecular formula is C21H28N3O2+. The van der Waals surface area contributed by atoms with Crippen molar-refractivity contribution in [1.29, 1.82) is 0 Å². The van der Waals surface area contributed by atoms with E-state index in [0.29, 0.717) is 0 Å². The summed E-state index contributed by atoms with van der Waals surface area (Å²) >= 11 is 0. The molecule has 0 bridgehead atoms. The van der Waals surface area contributed by atoms with Crippen molar-refractivity contribution in [2.45, 2.75) is 27.2 Å². The van der Waals surface area contributed by atoms with E-state index in [4.69, 9.17) is 0 Å². The van der Waals surface area contributed by atoms with E-state index in [0.717, 1.165) is 39.4 Å². The number of rotatable bonds is 7. The largest absolute Gasteiger partial charge is 0.322 e. The molecule has 0 spiro atoms. The van der Waals surface area contributed by atoms with Gasteiger partial charge < -0.3 is 15.5 Å². The van der Waals surface area contributed by atoms with E-state index in [-0.39, 0.29) is 24.9 Å². The van der Waals surface area contributed by atoms with Gasteiger partial charge in [-0.05, 0) is 55.2 Å². The van der Waals surface area contributed by atoms with Crippen molar-refractivity contribution in [3.8, 4) is 0 Å². The van der Waals surface area contributed by atoms with Crippen molar-refractivity contribution >= 4 is 23.2 Å². The minimum atomic E-state index is -0.103. The smallest absolute Gasteiger partial charge is 0.279 e. The Bertz CT molecular complexity index is 766. The molecule has 2 aromatic rings. The monoisotopic (exact) mass is 354 g/mol. The highest BCUT2D eigenvalue weighted by molar-refractivity contribution is 5.93. The number of likely N-dealkylation sites (N-methyl/N-ethyl adjacent to an activating group) is 1. The van der Waals surface area contributed by atoms with Crippen molar-refractivity contribution in [1.82, 2.24) is 0 Å². The van der Waals surface area contributed by atoms with Gasteiger partial charge in [-0.25, -0.2) is 0 Å². The maximum atomic E-state index is 12.3. The fraction of sp³-hybridized carbons (Fsp3) is 0.333. The molecule has 3 N–H and O–H groups in total. The summed E-state index contributed by atoms with van der Waals surface area (Å²) in [5.74, 6) is -0.197. The third kappa shape index (κ3) is 6.01. The quantitative estimate of drug-likeness (QED) is 0.712. The molecule has 138 valence electrons. The number of carbonyl (C=O) groups is 2. The molecular weight excluding hydrogens is 326 g/mol. The van der Waals surface area contributed by atoms with Crippen LogP contribution in [-0.4, -0.2) is 32.0 Å². The van der Waals surface area contributed by atoms with Crippen molar-refractivity contribution in [3.05, 3.63) is 59.2 Å². The van der Waals surface area contributed by atoms with Crippen LogP contribution in [0.25, 0.3) is 0 Å². The Kier molecular flexibility index (Phi) is 6.92. The fourth-order valence-corrected chi connectivity index (χ4v) is 3.01. The van der Waals surface area contributed by atoms with Crippen LogP contribution in [0.2, 0.25) is 0 Å². The lowest BCUT2D eigenvalue weighted by atomic mass is 10.1. The molecule has 2 rings (SSSR count). The molecule has 5 heteroatoms. The molecule has 0 saturated heterocycles. The van der Waals surface area contributed by atoms with Crippen LogP contribution in [0.5, 0.6) is 0 Å². The number of benzene rings is 2. The second-order valence-electron chi connectivity index (χ2n) is 6.79. The number of carbonyl (C=O) groups excluding carboxylic acids is 2. The molecule has 0 aliphatic heterocycles. The van der Waals surface area contributed by atoms with E-state index in [1.807, 2.05) is 57.3 Å². The van der Waals surface area contributed by atoms with Gasteiger partial charge in [0.1, 0.15) is 0 Å². The number of amides is 2. The van der Waals surface area contributed by atoms with Gasteiger partial charge in [-0.15, -0.1) is 0 Å². The zero-order valence-electron chi connectivity index (χ0n) is 16.0. The molecule has 0 fully saturated rings. The van der Waals surface area contributed by atoms with Crippen LogP contribution in [-0.2, 0) is 16.0 Å². The third-order valence-electron chi connectivity index (χ3n) is 4.10. The normalized spacial score (nSPS) is 11.7. The molecule has 0 radical (unpaired) electrons. The van der Waals surface area contributed by atoms with Gasteiger partial charge in [0.2, 0.25) is 0 Å². The minimum absolute atomic E-state index is 0.0948. The molecule has 0 aromatic heterocycles. The number of hydrogen-bond acceptors (Lipinski definition) is 2. The van der Waals surface area contributed by atoms with E-state index < -0.39 is 0 Å². The Morgan fingerprint density at radius 3 is 2.12 bits per heavy atom. The first-order chi connectivity index (χ1) is 12.4. The Morgan fingerprint density at radius 1 is 0.923 bits per heavy atom. The van der Waals surface area contributed by atoms with E-state index in [2.05, 4.69) is 23.6 Å². The van der Waals surface area contributed by atoms with Gasteiger partial charge in [-0.2, -0.15) is 0 Å². The summed E-state index contributed by atoms with van der Waals surface area (Å²) in [6.07, 6.45) is 0.859. The molecule has 0 aliphatic carbocycles. The van der Waals surface area contributed by atoms with Gasteiger partial charge in [-0.1, -0.05) is 31.2 Å². The highest BCUT2D eigenvalue weighted by Crippen LogP contribution is 2.15. The van der Waals surface area contributed by atoms with Crippen molar-refractivity contribution in [2.75, 3.05) is 30.8 Å². The molecule has 1 unspecified atom stereocenters. The lowest BCUT2D eigenvalue weighted by Crippen LogP contribution is -3.11. The van der Waals surface area contributed by atoms with Crippen LogP contribution in [0.3, 0.4) is 0 Å². The molecule has 26 heavy (non-hydrogen) atoms. The lowest BCUT2D eigenvalue weighted by Gasteiger charge is -2.15. The molecule has 5 nitrogen and oxygen atoms in total. The van der Waals surface area contributed by atoms with E-state index in [1.54, 1.807) is 0 Å². The maximum absolute atomic E-state index is 12.3. The topological polar surface area (TPSA) is 62.6 Å². The van der Waals surface area contributed by atoms with Crippen molar-refractivity contribution in [3.63, 3.8) is 0 Å². The van der Waals surface area contributed by atoms with Gasteiger partial charge in [-0.3, -0.25) is 9.59 Å². The summed E-state index contributed by atoms with van der Waals surface area (Å²) < 4.78 is 0. The summed E-state index contributed by atoms with van der Waals surface area (Å²) in [7, 11) is 1.84. The minimum Gasteiger partial charge on any atom is -0.322 e. The Hall–Kier alpha value is -2.66. The van der Waals surface area contributed by atoms with E-state index in [1.165, 1.54) is 0 Å². The number of quaternary nitrogens is 1. The molecule has 0 aliphatic rings. The summed E-state index contributed by atoms with van der Waals surface area (Å²) in [6, 6.07) is 13.7. The third-order valence-corrected chi connectivity index (χ3v) is 4.10. The second-order valence-corrected chi connectivity index (χ2v) is 6.79. The first-order valence-electron chi connectivity index (χ1n) is 8.94. The summed E-state index contributed by atoms with van der Waals surface area (Å²) in [6.45, 7) is 6.52.